The summed E-state index contributed by atoms with van der Waals surface area (Å²) < 4.78 is 7.02. The summed E-state index contributed by atoms with van der Waals surface area (Å²) in [6.07, 6.45) is 4.19. The van der Waals surface area contributed by atoms with Crippen molar-refractivity contribution < 1.29 is 14.6 Å². The Bertz CT molecular complexity index is 1780. The minimum Gasteiger partial charge on any atom is -0.481 e. The number of amides is 1. The number of aryl methyl sites for hydroxylation is 1. The number of pyridine rings is 2. The molecule has 9 nitrogen and oxygen atoms in total. The molecule has 1 atom stereocenters. The third-order valence-electron chi connectivity index (χ3n) is 7.85. The Kier molecular flexibility index (Phi) is 6.59. The van der Waals surface area contributed by atoms with Crippen molar-refractivity contribution in [1.29, 1.82) is 0 Å². The molecule has 9 heteroatoms. The van der Waals surface area contributed by atoms with Gasteiger partial charge in [0.05, 0.1) is 35.5 Å². The van der Waals surface area contributed by atoms with Gasteiger partial charge in [0.1, 0.15) is 6.10 Å². The average Bonchev–Trinajstić information content (AvgIpc) is 3.32. The standard InChI is InChI=1S/C31H31N5O4/c1-18-14-23(16-33-29(18)40-3)22-6-9-26-25(15-22)28-27(17-32-26)34-31(39)36(28)24-7-4-20(5-8-24)21-10-12-35(13-11-21)30(38)19(2)37/h4-9,14-17,19,21,37H,10-13H2,1-3H3,(H,34,39)/t19-/m0/s1. The molecule has 4 heterocycles. The minimum atomic E-state index is -0.968. The molecule has 1 saturated heterocycles. The van der Waals surface area contributed by atoms with E-state index in [1.807, 2.05) is 43.3 Å². The molecule has 1 amide bonds. The molecule has 3 aromatic heterocycles. The number of imidazole rings is 1. The number of ether oxygens (including phenoxy) is 1. The Labute approximate surface area is 231 Å². The van der Waals surface area contributed by atoms with E-state index in [4.69, 9.17) is 4.74 Å². The van der Waals surface area contributed by atoms with Crippen LogP contribution in [-0.2, 0) is 4.79 Å². The van der Waals surface area contributed by atoms with Gasteiger partial charge in [-0.3, -0.25) is 14.3 Å². The molecule has 0 bridgehead atoms. The summed E-state index contributed by atoms with van der Waals surface area (Å²) in [6, 6.07) is 16.1. The number of benzene rings is 2. The number of nitrogens with zero attached hydrogens (tertiary/aromatic N) is 4. The Morgan fingerprint density at radius 3 is 2.48 bits per heavy atom. The van der Waals surface area contributed by atoms with Gasteiger partial charge in [-0.1, -0.05) is 18.2 Å². The first-order chi connectivity index (χ1) is 19.3. The highest BCUT2D eigenvalue weighted by molar-refractivity contribution is 6.04. The average molecular weight is 538 g/mol. The maximum Gasteiger partial charge on any atom is 0.331 e. The molecule has 6 rings (SSSR count). The molecule has 0 radical (unpaired) electrons. The van der Waals surface area contributed by atoms with Crippen LogP contribution in [0.15, 0.2) is 65.7 Å². The molecule has 0 aliphatic carbocycles. The van der Waals surface area contributed by atoms with Gasteiger partial charge >= 0.3 is 5.69 Å². The van der Waals surface area contributed by atoms with Crippen molar-refractivity contribution >= 4 is 27.8 Å². The molecule has 0 spiro atoms. The van der Waals surface area contributed by atoms with E-state index >= 15 is 0 Å². The van der Waals surface area contributed by atoms with Crippen molar-refractivity contribution in [2.75, 3.05) is 20.2 Å². The maximum absolute atomic E-state index is 13.2. The Morgan fingerprint density at radius 1 is 1.05 bits per heavy atom. The normalized spacial score (nSPS) is 15.1. The van der Waals surface area contributed by atoms with Crippen molar-refractivity contribution in [1.82, 2.24) is 24.4 Å². The maximum atomic E-state index is 13.2. The fourth-order valence-electron chi connectivity index (χ4n) is 5.74. The number of carbonyl (C=O) groups is 1. The fourth-order valence-corrected chi connectivity index (χ4v) is 5.74. The molecule has 0 saturated carbocycles. The fraction of sp³-hybridized carbons (Fsp3) is 0.290. The van der Waals surface area contributed by atoms with E-state index in [2.05, 4.69) is 27.1 Å². The summed E-state index contributed by atoms with van der Waals surface area (Å²) in [5, 5.41) is 10.5. The number of carbonyl (C=O) groups excluding carboxylic acids is 1. The third kappa shape index (κ3) is 4.52. The quantitative estimate of drug-likeness (QED) is 0.345. The number of likely N-dealkylation sites (tertiary alicyclic amines) is 1. The number of methoxy groups -OCH3 is 1. The van der Waals surface area contributed by atoms with Gasteiger partial charge in [0.25, 0.3) is 5.91 Å². The number of H-pyrrole nitrogens is 1. The zero-order valence-corrected chi connectivity index (χ0v) is 22.7. The summed E-state index contributed by atoms with van der Waals surface area (Å²) in [6.45, 7) is 4.73. The zero-order valence-electron chi connectivity index (χ0n) is 22.7. The van der Waals surface area contributed by atoms with Crippen molar-refractivity contribution in [3.63, 3.8) is 0 Å². The number of aliphatic hydroxyl groups is 1. The van der Waals surface area contributed by atoms with Gasteiger partial charge < -0.3 is 19.7 Å². The summed E-state index contributed by atoms with van der Waals surface area (Å²) in [4.78, 5) is 39.0. The highest BCUT2D eigenvalue weighted by Crippen LogP contribution is 2.32. The smallest absolute Gasteiger partial charge is 0.331 e. The van der Waals surface area contributed by atoms with Crippen LogP contribution in [0.2, 0.25) is 0 Å². The lowest BCUT2D eigenvalue weighted by atomic mass is 9.89. The second-order valence-corrected chi connectivity index (χ2v) is 10.4. The first-order valence-electron chi connectivity index (χ1n) is 13.5. The number of fused-ring (bicyclic) bond motifs is 3. The highest BCUT2D eigenvalue weighted by atomic mass is 16.5. The van der Waals surface area contributed by atoms with Crippen molar-refractivity contribution in [2.24, 2.45) is 0 Å². The number of piperidine rings is 1. The first-order valence-corrected chi connectivity index (χ1v) is 13.5. The zero-order chi connectivity index (χ0) is 28.0. The summed E-state index contributed by atoms with van der Waals surface area (Å²) in [7, 11) is 1.61. The number of aromatic nitrogens is 4. The van der Waals surface area contributed by atoms with Crippen molar-refractivity contribution in [3.05, 3.63) is 82.5 Å². The second kappa shape index (κ2) is 10.2. The van der Waals surface area contributed by atoms with E-state index in [0.29, 0.717) is 30.4 Å². The number of hydrogen-bond donors (Lipinski definition) is 2. The third-order valence-corrected chi connectivity index (χ3v) is 7.85. The van der Waals surface area contributed by atoms with Crippen LogP contribution in [0.5, 0.6) is 5.88 Å². The van der Waals surface area contributed by atoms with Gasteiger partial charge in [-0.05, 0) is 74.1 Å². The molecule has 40 heavy (non-hydrogen) atoms. The molecule has 1 aliphatic rings. The van der Waals surface area contributed by atoms with E-state index in [0.717, 1.165) is 51.6 Å². The van der Waals surface area contributed by atoms with Gasteiger partial charge in [-0.2, -0.15) is 0 Å². The molecule has 1 aliphatic heterocycles. The highest BCUT2D eigenvalue weighted by Gasteiger charge is 2.26. The summed E-state index contributed by atoms with van der Waals surface area (Å²) >= 11 is 0. The SMILES string of the molecule is COc1ncc(-c2ccc3ncc4[nH]c(=O)n(-c5ccc(C6CCN(C(=O)[C@H](C)O)CC6)cc5)c4c3c2)cc1C. The Hall–Kier alpha value is -4.50. The van der Waals surface area contributed by atoms with Crippen LogP contribution < -0.4 is 10.4 Å². The molecule has 2 N–H and O–H groups in total. The van der Waals surface area contributed by atoms with E-state index < -0.39 is 6.10 Å². The molecule has 1 fully saturated rings. The lowest BCUT2D eigenvalue weighted by Gasteiger charge is -2.33. The van der Waals surface area contributed by atoms with Gasteiger partial charge in [0, 0.05) is 35.8 Å². The first kappa shape index (κ1) is 25.8. The van der Waals surface area contributed by atoms with Crippen molar-refractivity contribution in [2.45, 2.75) is 38.7 Å². The molecule has 0 unspecified atom stereocenters. The predicted octanol–water partition coefficient (Wildman–Crippen LogP) is 4.33. The van der Waals surface area contributed by atoms with E-state index in [1.54, 1.807) is 29.0 Å². The van der Waals surface area contributed by atoms with Crippen LogP contribution in [0.3, 0.4) is 0 Å². The van der Waals surface area contributed by atoms with E-state index in [9.17, 15) is 14.7 Å². The number of nitrogens with one attached hydrogen (secondary N) is 1. The molecular formula is C31H31N5O4. The Morgan fingerprint density at radius 2 is 1.80 bits per heavy atom. The largest absolute Gasteiger partial charge is 0.481 e. The molecule has 5 aromatic rings. The molecular weight excluding hydrogens is 506 g/mol. The van der Waals surface area contributed by atoms with Crippen LogP contribution in [0, 0.1) is 6.92 Å². The second-order valence-electron chi connectivity index (χ2n) is 10.4. The molecule has 2 aromatic carbocycles. The van der Waals surface area contributed by atoms with E-state index in [1.165, 1.54) is 12.5 Å². The number of hydrogen-bond acceptors (Lipinski definition) is 6. The topological polar surface area (TPSA) is 113 Å². The van der Waals surface area contributed by atoms with Crippen LogP contribution in [0.4, 0.5) is 0 Å². The Balaban J connectivity index is 1.35. The lowest BCUT2D eigenvalue weighted by molar-refractivity contribution is -0.140. The van der Waals surface area contributed by atoms with Gasteiger partial charge in [0.15, 0.2) is 0 Å². The van der Waals surface area contributed by atoms with Crippen molar-refractivity contribution in [3.8, 4) is 22.7 Å². The predicted molar refractivity (Wildman–Crippen MR) is 154 cm³/mol. The number of aromatic amines is 1. The van der Waals surface area contributed by atoms with E-state index in [-0.39, 0.29) is 11.6 Å². The minimum absolute atomic E-state index is 0.212. The summed E-state index contributed by atoms with van der Waals surface area (Å²) in [5.74, 6) is 0.701. The van der Waals surface area contributed by atoms with Gasteiger partial charge in [-0.15, -0.1) is 0 Å². The van der Waals surface area contributed by atoms with Crippen LogP contribution in [0.1, 0.15) is 36.8 Å². The lowest BCUT2D eigenvalue weighted by Crippen LogP contribution is -2.42. The molecule has 204 valence electrons. The van der Waals surface area contributed by atoms with Crippen LogP contribution in [0.25, 0.3) is 38.8 Å². The van der Waals surface area contributed by atoms with Crippen LogP contribution >= 0.6 is 0 Å². The van der Waals surface area contributed by atoms with Gasteiger partial charge in [0.2, 0.25) is 5.88 Å². The summed E-state index contributed by atoms with van der Waals surface area (Å²) in [5.41, 5.74) is 6.80. The van der Waals surface area contributed by atoms with Gasteiger partial charge in [-0.25, -0.2) is 9.78 Å². The monoisotopic (exact) mass is 537 g/mol. The number of aliphatic hydroxyl groups excluding tert-OH is 1. The number of rotatable bonds is 5. The van der Waals surface area contributed by atoms with Crippen LogP contribution in [-0.4, -0.2) is 61.7 Å².